The Labute approximate surface area is 167 Å². The highest BCUT2D eigenvalue weighted by atomic mass is 35.5. The van der Waals surface area contributed by atoms with E-state index in [1.165, 1.54) is 11.8 Å². The van der Waals surface area contributed by atoms with Gasteiger partial charge in [0, 0.05) is 41.6 Å². The van der Waals surface area contributed by atoms with E-state index in [1.807, 2.05) is 42.5 Å². The number of aromatic nitrogens is 1. The van der Waals surface area contributed by atoms with Crippen molar-refractivity contribution in [2.45, 2.75) is 16.2 Å². The number of hydrogen-bond acceptors (Lipinski definition) is 4. The molecule has 1 heterocycles. The molecule has 142 valence electrons. The molecule has 27 heavy (non-hydrogen) atoms. The van der Waals surface area contributed by atoms with E-state index in [1.54, 1.807) is 14.2 Å². The number of halogens is 1. The van der Waals surface area contributed by atoms with Crippen LogP contribution in [0.1, 0.15) is 16.9 Å². The maximum absolute atomic E-state index is 12.7. The lowest BCUT2D eigenvalue weighted by atomic mass is 10.2. The van der Waals surface area contributed by atoms with Gasteiger partial charge in [0.25, 0.3) is 5.91 Å². The molecule has 1 aromatic heterocycles. The van der Waals surface area contributed by atoms with Gasteiger partial charge >= 0.3 is 0 Å². The summed E-state index contributed by atoms with van der Waals surface area (Å²) in [6, 6.07) is 13.3. The molecule has 0 saturated carbocycles. The molecule has 0 spiro atoms. The van der Waals surface area contributed by atoms with Crippen molar-refractivity contribution in [3.05, 3.63) is 53.2 Å². The highest BCUT2D eigenvalue weighted by molar-refractivity contribution is 7.99. The van der Waals surface area contributed by atoms with Gasteiger partial charge < -0.3 is 19.8 Å². The summed E-state index contributed by atoms with van der Waals surface area (Å²) in [6.45, 7) is 1.16. The molecule has 0 aliphatic rings. The summed E-state index contributed by atoms with van der Waals surface area (Å²) in [6.07, 6.45) is 0.760. The lowest BCUT2D eigenvalue weighted by Gasteiger charge is -2.07. The summed E-state index contributed by atoms with van der Waals surface area (Å²) in [4.78, 5) is 17.9. The van der Waals surface area contributed by atoms with Crippen molar-refractivity contribution in [2.24, 2.45) is 0 Å². The third-order valence-electron chi connectivity index (χ3n) is 4.03. The van der Waals surface area contributed by atoms with Crippen LogP contribution in [0.5, 0.6) is 5.75 Å². The smallest absolute Gasteiger partial charge is 0.268 e. The van der Waals surface area contributed by atoms with Gasteiger partial charge in [0.1, 0.15) is 11.4 Å². The first-order valence-corrected chi connectivity index (χ1v) is 9.72. The number of benzene rings is 2. The standard InChI is InChI=1S/C20H21ClN2O3S/c1-25-11-3-10-22-20(24)18-19(27-15-7-4-13(21)5-8-15)16-9-6-14(26-2)12-17(16)23-18/h4-9,12,23H,3,10-11H2,1-2H3,(H,22,24). The monoisotopic (exact) mass is 404 g/mol. The number of nitrogens with one attached hydrogen (secondary N) is 2. The number of methoxy groups -OCH3 is 2. The first kappa shape index (κ1) is 19.6. The van der Waals surface area contributed by atoms with Crippen LogP contribution in [0.25, 0.3) is 10.9 Å². The molecule has 0 saturated heterocycles. The van der Waals surface area contributed by atoms with Crippen molar-refractivity contribution in [1.29, 1.82) is 0 Å². The molecule has 2 N–H and O–H groups in total. The average molecular weight is 405 g/mol. The molecule has 7 heteroatoms. The Morgan fingerprint density at radius 1 is 1.19 bits per heavy atom. The molecule has 0 atom stereocenters. The van der Waals surface area contributed by atoms with Gasteiger partial charge in [-0.3, -0.25) is 4.79 Å². The molecule has 0 aliphatic heterocycles. The average Bonchev–Trinajstić information content (AvgIpc) is 3.04. The first-order valence-electron chi connectivity index (χ1n) is 8.52. The van der Waals surface area contributed by atoms with Crippen LogP contribution >= 0.6 is 23.4 Å². The Hall–Kier alpha value is -2.15. The second-order valence-electron chi connectivity index (χ2n) is 5.90. The lowest BCUT2D eigenvalue weighted by molar-refractivity contribution is 0.0941. The largest absolute Gasteiger partial charge is 0.497 e. The van der Waals surface area contributed by atoms with Gasteiger partial charge in [-0.2, -0.15) is 0 Å². The highest BCUT2D eigenvalue weighted by Gasteiger charge is 2.19. The molecule has 5 nitrogen and oxygen atoms in total. The summed E-state index contributed by atoms with van der Waals surface area (Å²) in [5, 5.41) is 4.59. The number of H-pyrrole nitrogens is 1. The van der Waals surface area contributed by atoms with Crippen molar-refractivity contribution < 1.29 is 14.3 Å². The fourth-order valence-electron chi connectivity index (χ4n) is 2.67. The van der Waals surface area contributed by atoms with Crippen molar-refractivity contribution in [1.82, 2.24) is 10.3 Å². The Balaban J connectivity index is 1.94. The first-order chi connectivity index (χ1) is 13.1. The fourth-order valence-corrected chi connectivity index (χ4v) is 3.84. The summed E-state index contributed by atoms with van der Waals surface area (Å²) in [5.41, 5.74) is 1.39. The summed E-state index contributed by atoms with van der Waals surface area (Å²) < 4.78 is 10.3. The van der Waals surface area contributed by atoms with Crippen LogP contribution in [0, 0.1) is 0 Å². The van der Waals surface area contributed by atoms with Gasteiger partial charge in [-0.15, -0.1) is 0 Å². The Bertz CT molecular complexity index is 925. The molecule has 0 aliphatic carbocycles. The van der Waals surface area contributed by atoms with Gasteiger partial charge in [0.2, 0.25) is 0 Å². The number of rotatable bonds is 8. The van der Waals surface area contributed by atoms with Crippen LogP contribution in [0.15, 0.2) is 52.3 Å². The molecule has 0 unspecified atom stereocenters. The Kier molecular flexibility index (Phi) is 6.66. The van der Waals surface area contributed by atoms with E-state index >= 15 is 0 Å². The van der Waals surface area contributed by atoms with Crippen LogP contribution < -0.4 is 10.1 Å². The number of aromatic amines is 1. The maximum Gasteiger partial charge on any atom is 0.268 e. The molecule has 1 amide bonds. The molecular weight excluding hydrogens is 384 g/mol. The highest BCUT2D eigenvalue weighted by Crippen LogP contribution is 2.38. The van der Waals surface area contributed by atoms with E-state index < -0.39 is 0 Å². The van der Waals surface area contributed by atoms with Gasteiger partial charge in [-0.05, 0) is 42.8 Å². The number of carbonyl (C=O) groups excluding carboxylic acids is 1. The Morgan fingerprint density at radius 2 is 1.96 bits per heavy atom. The molecular formula is C20H21ClN2O3S. The zero-order valence-electron chi connectivity index (χ0n) is 15.2. The van der Waals surface area contributed by atoms with Crippen molar-refractivity contribution in [2.75, 3.05) is 27.4 Å². The molecule has 3 rings (SSSR count). The normalized spacial score (nSPS) is 10.9. The van der Waals surface area contributed by atoms with Gasteiger partial charge in [0.05, 0.1) is 17.5 Å². The van der Waals surface area contributed by atoms with Crippen molar-refractivity contribution in [3.8, 4) is 5.75 Å². The second-order valence-corrected chi connectivity index (χ2v) is 7.42. The SMILES string of the molecule is COCCCNC(=O)c1[nH]c2cc(OC)ccc2c1Sc1ccc(Cl)cc1. The second kappa shape index (κ2) is 9.17. The Morgan fingerprint density at radius 3 is 2.67 bits per heavy atom. The minimum Gasteiger partial charge on any atom is -0.497 e. The lowest BCUT2D eigenvalue weighted by Crippen LogP contribution is -2.26. The zero-order chi connectivity index (χ0) is 19.2. The molecule has 0 radical (unpaired) electrons. The van der Waals surface area contributed by atoms with E-state index in [0.717, 1.165) is 32.9 Å². The molecule has 2 aromatic carbocycles. The summed E-state index contributed by atoms with van der Waals surface area (Å²) >= 11 is 7.51. The van der Waals surface area contributed by atoms with Crippen molar-refractivity contribution >= 4 is 40.2 Å². The van der Waals surface area contributed by atoms with Crippen LogP contribution in [0.3, 0.4) is 0 Å². The topological polar surface area (TPSA) is 63.3 Å². The minimum atomic E-state index is -0.141. The number of fused-ring (bicyclic) bond motifs is 1. The zero-order valence-corrected chi connectivity index (χ0v) is 16.7. The van der Waals surface area contributed by atoms with Crippen LogP contribution in [-0.2, 0) is 4.74 Å². The minimum absolute atomic E-state index is 0.141. The summed E-state index contributed by atoms with van der Waals surface area (Å²) in [5.74, 6) is 0.594. The molecule has 3 aromatic rings. The predicted octanol–water partition coefficient (Wildman–Crippen LogP) is 4.75. The molecule has 0 bridgehead atoms. The van der Waals surface area contributed by atoms with Crippen LogP contribution in [0.2, 0.25) is 5.02 Å². The van der Waals surface area contributed by atoms with E-state index in [-0.39, 0.29) is 5.91 Å². The van der Waals surface area contributed by atoms with Crippen LogP contribution in [0.4, 0.5) is 0 Å². The van der Waals surface area contributed by atoms with E-state index in [4.69, 9.17) is 21.1 Å². The summed E-state index contributed by atoms with van der Waals surface area (Å²) in [7, 11) is 3.27. The fraction of sp³-hybridized carbons (Fsp3) is 0.250. The van der Waals surface area contributed by atoms with E-state index in [0.29, 0.717) is 23.9 Å². The predicted molar refractivity (Wildman–Crippen MR) is 109 cm³/mol. The van der Waals surface area contributed by atoms with E-state index in [9.17, 15) is 4.79 Å². The number of ether oxygens (including phenoxy) is 2. The number of amides is 1. The van der Waals surface area contributed by atoms with Gasteiger partial charge in [-0.1, -0.05) is 23.4 Å². The van der Waals surface area contributed by atoms with E-state index in [2.05, 4.69) is 10.3 Å². The van der Waals surface area contributed by atoms with Crippen molar-refractivity contribution in [3.63, 3.8) is 0 Å². The third kappa shape index (κ3) is 4.77. The molecule has 0 fully saturated rings. The quantitative estimate of drug-likeness (QED) is 0.532. The third-order valence-corrected chi connectivity index (χ3v) is 5.42. The maximum atomic E-state index is 12.7. The van der Waals surface area contributed by atoms with Gasteiger partial charge in [0.15, 0.2) is 0 Å². The van der Waals surface area contributed by atoms with Gasteiger partial charge in [-0.25, -0.2) is 0 Å². The van der Waals surface area contributed by atoms with Crippen LogP contribution in [-0.4, -0.2) is 38.3 Å². The number of hydrogen-bond donors (Lipinski definition) is 2. The number of carbonyl (C=O) groups is 1.